The second-order valence-corrected chi connectivity index (χ2v) is 9.75. The molecule has 12 heteroatoms. The Labute approximate surface area is 234 Å². The third-order valence-corrected chi connectivity index (χ3v) is 6.50. The Morgan fingerprint density at radius 1 is 0.973 bits per heavy atom. The zero-order valence-corrected chi connectivity index (χ0v) is 22.4. The molecule has 2 N–H and O–H groups in total. The fourth-order valence-corrected chi connectivity index (χ4v) is 4.12. The highest BCUT2D eigenvalue weighted by Gasteiger charge is 2.37. The zero-order chi connectivity index (χ0) is 26.7. The van der Waals surface area contributed by atoms with Crippen molar-refractivity contribution in [1.82, 2.24) is 5.32 Å². The van der Waals surface area contributed by atoms with Crippen molar-refractivity contribution in [3.8, 4) is 5.75 Å². The van der Waals surface area contributed by atoms with E-state index in [1.165, 1.54) is 36.4 Å². The Morgan fingerprint density at radius 3 is 2.41 bits per heavy atom. The molecule has 1 saturated heterocycles. The van der Waals surface area contributed by atoms with Crippen molar-refractivity contribution in [1.29, 1.82) is 0 Å². The van der Waals surface area contributed by atoms with Crippen LogP contribution in [0.1, 0.15) is 5.56 Å². The van der Waals surface area contributed by atoms with Crippen molar-refractivity contribution < 1.29 is 23.9 Å². The lowest BCUT2D eigenvalue weighted by atomic mass is 10.1. The molecule has 0 saturated carbocycles. The lowest BCUT2D eigenvalue weighted by Crippen LogP contribution is -2.54. The zero-order valence-electron chi connectivity index (χ0n) is 18.6. The minimum atomic E-state index is -0.890. The van der Waals surface area contributed by atoms with Crippen LogP contribution in [0.15, 0.2) is 70.7 Å². The Morgan fingerprint density at radius 2 is 1.70 bits per heavy atom. The van der Waals surface area contributed by atoms with Gasteiger partial charge < -0.3 is 10.1 Å². The monoisotopic (exact) mass is 621 g/mol. The van der Waals surface area contributed by atoms with Crippen LogP contribution >= 0.6 is 50.7 Å². The number of barbiturate groups is 1. The number of nitrogens with one attached hydrogen (secondary N) is 2. The van der Waals surface area contributed by atoms with Crippen molar-refractivity contribution in [3.63, 3.8) is 0 Å². The number of imide groups is 2. The van der Waals surface area contributed by atoms with Crippen molar-refractivity contribution in [2.24, 2.45) is 0 Å². The van der Waals surface area contributed by atoms with Gasteiger partial charge in [0.1, 0.15) is 11.3 Å². The van der Waals surface area contributed by atoms with Gasteiger partial charge in [0.25, 0.3) is 17.7 Å². The third-order valence-electron chi connectivity index (χ3n) is 5.02. The number of hydrogen-bond acceptors (Lipinski definition) is 5. The molecule has 1 aliphatic rings. The van der Waals surface area contributed by atoms with Crippen LogP contribution in [0.4, 0.5) is 16.2 Å². The van der Waals surface area contributed by atoms with Crippen molar-refractivity contribution in [3.05, 3.63) is 91.3 Å². The molecule has 0 spiro atoms. The minimum absolute atomic E-state index is 0.218. The predicted octanol–water partition coefficient (Wildman–Crippen LogP) is 6.09. The molecule has 0 aliphatic carbocycles. The second kappa shape index (κ2) is 11.4. The summed E-state index contributed by atoms with van der Waals surface area (Å²) in [5.41, 5.74) is 0.672. The van der Waals surface area contributed by atoms with Gasteiger partial charge in [-0.1, -0.05) is 50.7 Å². The Hall–Kier alpha value is -3.37. The van der Waals surface area contributed by atoms with E-state index in [1.54, 1.807) is 30.3 Å². The molecule has 8 nitrogen and oxygen atoms in total. The molecule has 188 valence electrons. The van der Waals surface area contributed by atoms with Crippen LogP contribution in [0.2, 0.25) is 15.1 Å². The Balaban J connectivity index is 1.57. The summed E-state index contributed by atoms with van der Waals surface area (Å²) >= 11 is 21.1. The fourth-order valence-electron chi connectivity index (χ4n) is 3.32. The number of nitrogens with zero attached hydrogens (tertiary/aromatic N) is 1. The first-order valence-electron chi connectivity index (χ1n) is 10.5. The van der Waals surface area contributed by atoms with E-state index in [2.05, 4.69) is 26.6 Å². The summed E-state index contributed by atoms with van der Waals surface area (Å²) in [5.74, 6) is -1.97. The first-order valence-corrected chi connectivity index (χ1v) is 12.4. The molecular weight excluding hydrogens is 609 g/mol. The number of amides is 5. The molecule has 3 aromatic carbocycles. The van der Waals surface area contributed by atoms with E-state index in [9.17, 15) is 19.2 Å². The molecule has 0 unspecified atom stereocenters. The van der Waals surface area contributed by atoms with Crippen LogP contribution in [0, 0.1) is 0 Å². The minimum Gasteiger partial charge on any atom is -0.483 e. The topological polar surface area (TPSA) is 105 Å². The van der Waals surface area contributed by atoms with Crippen LogP contribution in [0.3, 0.4) is 0 Å². The number of urea groups is 1. The number of rotatable bonds is 6. The maximum atomic E-state index is 13.2. The van der Waals surface area contributed by atoms with Gasteiger partial charge in [-0.05, 0) is 66.7 Å². The van der Waals surface area contributed by atoms with Crippen LogP contribution in [0.25, 0.3) is 6.08 Å². The van der Waals surface area contributed by atoms with E-state index < -0.39 is 23.8 Å². The molecule has 0 aromatic heterocycles. The van der Waals surface area contributed by atoms with E-state index in [0.717, 1.165) is 4.90 Å². The number of halogens is 4. The van der Waals surface area contributed by atoms with Crippen molar-refractivity contribution >= 4 is 91.9 Å². The molecule has 1 aliphatic heterocycles. The molecule has 1 fully saturated rings. The predicted molar refractivity (Wildman–Crippen MR) is 145 cm³/mol. The van der Waals surface area contributed by atoms with E-state index in [0.29, 0.717) is 25.8 Å². The summed E-state index contributed by atoms with van der Waals surface area (Å²) in [6.45, 7) is -0.381. The van der Waals surface area contributed by atoms with Gasteiger partial charge in [-0.25, -0.2) is 9.69 Å². The van der Waals surface area contributed by atoms with E-state index in [4.69, 9.17) is 39.5 Å². The molecule has 5 amide bonds. The van der Waals surface area contributed by atoms with E-state index in [-0.39, 0.29) is 28.6 Å². The van der Waals surface area contributed by atoms with Gasteiger partial charge in [0.2, 0.25) is 0 Å². The molecule has 3 aromatic rings. The number of carbonyl (C=O) groups is 4. The van der Waals surface area contributed by atoms with E-state index >= 15 is 0 Å². The first-order chi connectivity index (χ1) is 17.6. The van der Waals surface area contributed by atoms with Gasteiger partial charge in [-0.2, -0.15) is 0 Å². The summed E-state index contributed by atoms with van der Waals surface area (Å²) in [5, 5.41) is 5.83. The summed E-state index contributed by atoms with van der Waals surface area (Å²) < 4.78 is 6.29. The molecule has 0 atom stereocenters. The maximum absolute atomic E-state index is 13.2. The summed E-state index contributed by atoms with van der Waals surface area (Å²) in [6.07, 6.45) is 1.28. The van der Waals surface area contributed by atoms with Crippen LogP contribution in [-0.4, -0.2) is 30.4 Å². The highest BCUT2D eigenvalue weighted by molar-refractivity contribution is 9.10. The molecule has 0 bridgehead atoms. The van der Waals surface area contributed by atoms with Gasteiger partial charge in [0, 0.05) is 20.7 Å². The highest BCUT2D eigenvalue weighted by atomic mass is 79.9. The molecule has 0 radical (unpaired) electrons. The van der Waals surface area contributed by atoms with Crippen LogP contribution < -0.4 is 20.3 Å². The third kappa shape index (κ3) is 6.31. The summed E-state index contributed by atoms with van der Waals surface area (Å²) in [6, 6.07) is 14.6. The lowest BCUT2D eigenvalue weighted by Gasteiger charge is -2.26. The van der Waals surface area contributed by atoms with Gasteiger partial charge >= 0.3 is 6.03 Å². The number of carbonyl (C=O) groups excluding carboxylic acids is 4. The molecular formula is C25H15BrCl3N3O5. The maximum Gasteiger partial charge on any atom is 0.335 e. The van der Waals surface area contributed by atoms with Gasteiger partial charge in [0.15, 0.2) is 6.61 Å². The van der Waals surface area contributed by atoms with Crippen molar-refractivity contribution in [2.75, 3.05) is 16.8 Å². The highest BCUT2D eigenvalue weighted by Crippen LogP contribution is 2.29. The molecule has 1 heterocycles. The number of benzene rings is 3. The van der Waals surface area contributed by atoms with Crippen LogP contribution in [0.5, 0.6) is 5.75 Å². The number of ether oxygens (including phenoxy) is 1. The molecule has 4 rings (SSSR count). The average Bonchev–Trinajstić information content (AvgIpc) is 2.84. The fraction of sp³-hybridized carbons (Fsp3) is 0.0400. The smallest absolute Gasteiger partial charge is 0.335 e. The first kappa shape index (κ1) is 26.7. The largest absolute Gasteiger partial charge is 0.483 e. The standard InChI is InChI=1S/C25H15BrCl3N3O5/c26-14-1-8-21(37-12-22(33)30-16-4-7-19(28)20(29)11-16)13(9-14)10-18-23(34)31-25(36)32(24(18)35)17-5-2-15(27)3-6-17/h1-11H,12H2,(H,30,33)(H,31,34,36)/b18-10-. The van der Waals surface area contributed by atoms with Crippen LogP contribution in [-0.2, 0) is 14.4 Å². The summed E-state index contributed by atoms with van der Waals surface area (Å²) in [7, 11) is 0. The van der Waals surface area contributed by atoms with Gasteiger partial charge in [-0.3, -0.25) is 19.7 Å². The average molecular weight is 624 g/mol. The van der Waals surface area contributed by atoms with E-state index in [1.807, 2.05) is 0 Å². The number of hydrogen-bond donors (Lipinski definition) is 2. The second-order valence-electron chi connectivity index (χ2n) is 7.58. The molecule has 37 heavy (non-hydrogen) atoms. The van der Waals surface area contributed by atoms with Crippen molar-refractivity contribution in [2.45, 2.75) is 0 Å². The normalized spacial score (nSPS) is 14.5. The lowest BCUT2D eigenvalue weighted by molar-refractivity contribution is -0.122. The SMILES string of the molecule is O=C(COc1ccc(Br)cc1/C=C1/C(=O)NC(=O)N(c2ccc(Cl)cc2)C1=O)Nc1ccc(Cl)c(Cl)c1. The Kier molecular flexibility index (Phi) is 8.19. The summed E-state index contributed by atoms with van der Waals surface area (Å²) in [4.78, 5) is 51.4. The van der Waals surface area contributed by atoms with Gasteiger partial charge in [0.05, 0.1) is 15.7 Å². The van der Waals surface area contributed by atoms with Gasteiger partial charge in [-0.15, -0.1) is 0 Å². The Bertz CT molecular complexity index is 1460. The quantitative estimate of drug-likeness (QED) is 0.255. The number of anilines is 2.